The molecule has 3 aromatic rings. The van der Waals surface area contributed by atoms with Crippen LogP contribution in [0, 0.1) is 34.6 Å². The van der Waals surface area contributed by atoms with Gasteiger partial charge in [0.15, 0.2) is 5.43 Å². The summed E-state index contributed by atoms with van der Waals surface area (Å²) in [7, 11) is 0. The molecule has 0 unspecified atom stereocenters. The van der Waals surface area contributed by atoms with Gasteiger partial charge < -0.3 is 9.67 Å². The number of aromatic nitrogens is 1. The summed E-state index contributed by atoms with van der Waals surface area (Å²) >= 11 is 1.66. The van der Waals surface area contributed by atoms with Gasteiger partial charge in [-0.1, -0.05) is 18.2 Å². The fraction of sp³-hybridized carbons (Fsp3) is 0.350. The fourth-order valence-electron chi connectivity index (χ4n) is 3.16. The first-order valence-electron chi connectivity index (χ1n) is 8.14. The zero-order valence-corrected chi connectivity index (χ0v) is 15.7. The molecule has 24 heavy (non-hydrogen) atoms. The van der Waals surface area contributed by atoms with Gasteiger partial charge >= 0.3 is 0 Å². The number of pyridine rings is 1. The first-order chi connectivity index (χ1) is 11.3. The van der Waals surface area contributed by atoms with Gasteiger partial charge in [0.1, 0.15) is 4.83 Å². The molecule has 0 aliphatic carbocycles. The maximum Gasteiger partial charge on any atom is 0.196 e. The van der Waals surface area contributed by atoms with Crippen molar-refractivity contribution in [1.82, 2.24) is 4.57 Å². The Bertz CT molecular complexity index is 995. The van der Waals surface area contributed by atoms with E-state index < -0.39 is 0 Å². The number of hydrogen-bond donors (Lipinski definition) is 1. The Morgan fingerprint density at radius 1 is 1.08 bits per heavy atom. The molecule has 0 bridgehead atoms. The van der Waals surface area contributed by atoms with Crippen molar-refractivity contribution in [2.45, 2.75) is 47.8 Å². The average molecular weight is 341 g/mol. The third-order valence-corrected chi connectivity index (χ3v) is 6.25. The summed E-state index contributed by atoms with van der Waals surface area (Å²) < 4.78 is 2.18. The first kappa shape index (κ1) is 16.9. The Morgan fingerprint density at radius 2 is 1.79 bits per heavy atom. The molecule has 0 saturated heterocycles. The summed E-state index contributed by atoms with van der Waals surface area (Å²) in [4.78, 5) is 14.9. The lowest BCUT2D eigenvalue weighted by molar-refractivity contribution is 0.279. The number of hydrogen-bond acceptors (Lipinski definition) is 3. The van der Waals surface area contributed by atoms with Gasteiger partial charge in [0, 0.05) is 22.7 Å². The standard InChI is InChI=1S/C20H23NO2S/c1-11-6-7-16(8-12(11)2)9-21-14(4)17(10-22)19(23)18-13(3)15(5)24-20(18)21/h6-8,22H,9-10H2,1-5H3. The molecular weight excluding hydrogens is 318 g/mol. The van der Waals surface area contributed by atoms with Crippen molar-refractivity contribution in [3.63, 3.8) is 0 Å². The van der Waals surface area contributed by atoms with Crippen LogP contribution in [-0.2, 0) is 13.2 Å². The lowest BCUT2D eigenvalue weighted by Gasteiger charge is -2.16. The number of nitrogens with zero attached hydrogens (tertiary/aromatic N) is 1. The summed E-state index contributed by atoms with van der Waals surface area (Å²) in [6.07, 6.45) is 0. The van der Waals surface area contributed by atoms with Crippen LogP contribution in [0.5, 0.6) is 0 Å². The van der Waals surface area contributed by atoms with Crippen LogP contribution in [0.4, 0.5) is 0 Å². The molecule has 126 valence electrons. The van der Waals surface area contributed by atoms with E-state index in [-0.39, 0.29) is 12.0 Å². The SMILES string of the molecule is Cc1ccc(Cn2c(C)c(CO)c(=O)c3c(C)c(C)sc32)cc1C. The van der Waals surface area contributed by atoms with Crippen molar-refractivity contribution < 1.29 is 5.11 Å². The van der Waals surface area contributed by atoms with Crippen LogP contribution in [-0.4, -0.2) is 9.67 Å². The molecular formula is C20H23NO2S. The van der Waals surface area contributed by atoms with E-state index in [9.17, 15) is 9.90 Å². The van der Waals surface area contributed by atoms with Crippen molar-refractivity contribution in [3.05, 3.63) is 66.8 Å². The van der Waals surface area contributed by atoms with Gasteiger partial charge in [0.05, 0.1) is 12.0 Å². The Balaban J connectivity index is 2.28. The highest BCUT2D eigenvalue weighted by atomic mass is 32.1. The minimum atomic E-state index is -0.220. The molecule has 0 aliphatic heterocycles. The highest BCUT2D eigenvalue weighted by molar-refractivity contribution is 7.18. The lowest BCUT2D eigenvalue weighted by Crippen LogP contribution is -2.19. The number of aliphatic hydroxyl groups excluding tert-OH is 1. The van der Waals surface area contributed by atoms with E-state index in [4.69, 9.17) is 0 Å². The molecule has 0 aliphatic rings. The largest absolute Gasteiger partial charge is 0.391 e. The number of rotatable bonds is 3. The second-order valence-electron chi connectivity index (χ2n) is 6.52. The van der Waals surface area contributed by atoms with Crippen LogP contribution in [0.2, 0.25) is 0 Å². The lowest BCUT2D eigenvalue weighted by atomic mass is 10.1. The Labute approximate surface area is 146 Å². The smallest absolute Gasteiger partial charge is 0.196 e. The molecule has 2 aromatic heterocycles. The summed E-state index contributed by atoms with van der Waals surface area (Å²) in [6.45, 7) is 10.7. The maximum absolute atomic E-state index is 12.8. The molecule has 3 rings (SSSR count). The van der Waals surface area contributed by atoms with Gasteiger partial charge in [-0.25, -0.2) is 0 Å². The minimum Gasteiger partial charge on any atom is -0.391 e. The molecule has 1 N–H and O–H groups in total. The maximum atomic E-state index is 12.8. The summed E-state index contributed by atoms with van der Waals surface area (Å²) in [5.41, 5.74) is 6.12. The van der Waals surface area contributed by atoms with Crippen LogP contribution in [0.15, 0.2) is 23.0 Å². The molecule has 0 atom stereocenters. The Kier molecular flexibility index (Phi) is 4.37. The fourth-order valence-corrected chi connectivity index (χ4v) is 4.36. The van der Waals surface area contributed by atoms with Gasteiger partial charge in [-0.3, -0.25) is 4.79 Å². The van der Waals surface area contributed by atoms with E-state index >= 15 is 0 Å². The number of benzene rings is 1. The molecule has 2 heterocycles. The summed E-state index contributed by atoms with van der Waals surface area (Å²) in [5, 5.41) is 10.5. The predicted molar refractivity (Wildman–Crippen MR) is 101 cm³/mol. The van der Waals surface area contributed by atoms with Gasteiger partial charge in [0.2, 0.25) is 0 Å². The third-order valence-electron chi connectivity index (χ3n) is 5.02. The normalized spacial score (nSPS) is 11.4. The quantitative estimate of drug-likeness (QED) is 0.778. The minimum absolute atomic E-state index is 0.0248. The van der Waals surface area contributed by atoms with E-state index in [1.54, 1.807) is 11.3 Å². The second-order valence-corrected chi connectivity index (χ2v) is 7.72. The molecule has 3 nitrogen and oxygen atoms in total. The van der Waals surface area contributed by atoms with E-state index in [0.29, 0.717) is 12.1 Å². The summed E-state index contributed by atoms with van der Waals surface area (Å²) in [5.74, 6) is 0. The van der Waals surface area contributed by atoms with Crippen LogP contribution in [0.1, 0.15) is 38.4 Å². The molecule has 0 fully saturated rings. The first-order valence-corrected chi connectivity index (χ1v) is 8.95. The number of aliphatic hydroxyl groups is 1. The van der Waals surface area contributed by atoms with Crippen molar-refractivity contribution in [3.8, 4) is 0 Å². The topological polar surface area (TPSA) is 42.2 Å². The molecule has 0 radical (unpaired) electrons. The average Bonchev–Trinajstić information content (AvgIpc) is 2.83. The Morgan fingerprint density at radius 3 is 2.42 bits per heavy atom. The van der Waals surface area contributed by atoms with E-state index in [1.807, 2.05) is 20.8 Å². The number of thiophene rings is 1. The van der Waals surface area contributed by atoms with Gasteiger partial charge in [-0.2, -0.15) is 0 Å². The predicted octanol–water partition coefficient (Wildman–Crippen LogP) is 4.15. The zero-order chi connectivity index (χ0) is 17.6. The van der Waals surface area contributed by atoms with Crippen LogP contribution in [0.3, 0.4) is 0 Å². The van der Waals surface area contributed by atoms with Gasteiger partial charge in [-0.05, 0) is 56.9 Å². The third kappa shape index (κ3) is 2.60. The van der Waals surface area contributed by atoms with Crippen molar-refractivity contribution >= 4 is 21.6 Å². The van der Waals surface area contributed by atoms with E-state index in [0.717, 1.165) is 26.4 Å². The molecule has 0 amide bonds. The van der Waals surface area contributed by atoms with Crippen molar-refractivity contribution in [2.24, 2.45) is 0 Å². The molecule has 0 spiro atoms. The van der Waals surface area contributed by atoms with Crippen LogP contribution < -0.4 is 5.43 Å². The van der Waals surface area contributed by atoms with Crippen molar-refractivity contribution in [1.29, 1.82) is 0 Å². The zero-order valence-electron chi connectivity index (χ0n) is 14.9. The summed E-state index contributed by atoms with van der Waals surface area (Å²) in [6, 6.07) is 6.47. The Hall–Kier alpha value is -1.91. The van der Waals surface area contributed by atoms with Gasteiger partial charge in [0.25, 0.3) is 0 Å². The molecule has 0 saturated carbocycles. The van der Waals surface area contributed by atoms with Crippen LogP contribution >= 0.6 is 11.3 Å². The van der Waals surface area contributed by atoms with Crippen molar-refractivity contribution in [2.75, 3.05) is 0 Å². The number of aryl methyl sites for hydroxylation is 4. The second kappa shape index (κ2) is 6.19. The van der Waals surface area contributed by atoms with E-state index in [1.165, 1.54) is 16.7 Å². The monoisotopic (exact) mass is 341 g/mol. The van der Waals surface area contributed by atoms with Crippen LogP contribution in [0.25, 0.3) is 10.2 Å². The van der Waals surface area contributed by atoms with E-state index in [2.05, 4.69) is 36.6 Å². The van der Waals surface area contributed by atoms with Gasteiger partial charge in [-0.15, -0.1) is 11.3 Å². The molecule has 1 aromatic carbocycles. The molecule has 4 heteroatoms. The highest BCUT2D eigenvalue weighted by Gasteiger charge is 2.18. The number of fused-ring (bicyclic) bond motifs is 1. The highest BCUT2D eigenvalue weighted by Crippen LogP contribution is 2.30.